The zero-order valence-electron chi connectivity index (χ0n) is 11.7. The van der Waals surface area contributed by atoms with Crippen molar-refractivity contribution in [3.05, 3.63) is 52.5 Å². The van der Waals surface area contributed by atoms with E-state index in [0.29, 0.717) is 6.54 Å². The molecule has 2 aromatic rings. The first-order chi connectivity index (χ1) is 10.2. The van der Waals surface area contributed by atoms with Crippen LogP contribution in [0.25, 0.3) is 0 Å². The van der Waals surface area contributed by atoms with E-state index >= 15 is 0 Å². The van der Waals surface area contributed by atoms with Crippen molar-refractivity contribution in [2.45, 2.75) is 6.54 Å². The second kappa shape index (κ2) is 7.61. The molecular formula is C17H16BrNO2. The molecule has 108 valence electrons. The minimum atomic E-state index is 0.261. The van der Waals surface area contributed by atoms with Gasteiger partial charge in [0.25, 0.3) is 0 Å². The SMILES string of the molecule is C#CCOc1ccccc1CNc1cc(Br)ccc1OC. The van der Waals surface area contributed by atoms with Crippen LogP contribution in [0.15, 0.2) is 46.9 Å². The molecule has 0 radical (unpaired) electrons. The number of hydrogen-bond acceptors (Lipinski definition) is 3. The molecule has 0 bridgehead atoms. The Morgan fingerprint density at radius 1 is 1.19 bits per heavy atom. The maximum atomic E-state index is 5.54. The van der Waals surface area contributed by atoms with Crippen molar-refractivity contribution in [1.29, 1.82) is 0 Å². The second-order valence-corrected chi connectivity index (χ2v) is 5.21. The van der Waals surface area contributed by atoms with E-state index in [1.807, 2.05) is 42.5 Å². The highest BCUT2D eigenvalue weighted by atomic mass is 79.9. The Balaban J connectivity index is 2.13. The fourth-order valence-corrected chi connectivity index (χ4v) is 2.28. The average Bonchev–Trinajstić information content (AvgIpc) is 2.52. The summed E-state index contributed by atoms with van der Waals surface area (Å²) in [5.74, 6) is 4.05. The van der Waals surface area contributed by atoms with Gasteiger partial charge in [0.1, 0.15) is 18.1 Å². The fourth-order valence-electron chi connectivity index (χ4n) is 1.92. The average molecular weight is 346 g/mol. The van der Waals surface area contributed by atoms with Crippen LogP contribution in [0.1, 0.15) is 5.56 Å². The largest absolute Gasteiger partial charge is 0.495 e. The van der Waals surface area contributed by atoms with Gasteiger partial charge in [0, 0.05) is 16.6 Å². The topological polar surface area (TPSA) is 30.5 Å². The second-order valence-electron chi connectivity index (χ2n) is 4.30. The van der Waals surface area contributed by atoms with Crippen molar-refractivity contribution in [3.63, 3.8) is 0 Å². The number of terminal acetylenes is 1. The van der Waals surface area contributed by atoms with Crippen molar-refractivity contribution < 1.29 is 9.47 Å². The molecule has 0 aliphatic heterocycles. The van der Waals surface area contributed by atoms with Crippen molar-refractivity contribution in [2.75, 3.05) is 19.0 Å². The molecule has 3 nitrogen and oxygen atoms in total. The third-order valence-corrected chi connectivity index (χ3v) is 3.41. The summed E-state index contributed by atoms with van der Waals surface area (Å²) < 4.78 is 11.9. The molecule has 0 saturated carbocycles. The Morgan fingerprint density at radius 2 is 2.00 bits per heavy atom. The van der Waals surface area contributed by atoms with Crippen LogP contribution in [-0.4, -0.2) is 13.7 Å². The molecule has 0 aromatic heterocycles. The summed E-state index contributed by atoms with van der Waals surface area (Å²) in [6.45, 7) is 0.880. The maximum Gasteiger partial charge on any atom is 0.148 e. The molecule has 0 spiro atoms. The number of hydrogen-bond donors (Lipinski definition) is 1. The fraction of sp³-hybridized carbons (Fsp3) is 0.176. The summed E-state index contributed by atoms with van der Waals surface area (Å²) in [6, 6.07) is 13.6. The summed E-state index contributed by atoms with van der Waals surface area (Å²) >= 11 is 3.46. The summed E-state index contributed by atoms with van der Waals surface area (Å²) in [5, 5.41) is 3.35. The molecular weight excluding hydrogens is 330 g/mol. The Kier molecular flexibility index (Phi) is 5.53. The predicted molar refractivity (Wildman–Crippen MR) is 88.8 cm³/mol. The molecule has 0 amide bonds. The molecule has 4 heteroatoms. The number of rotatable bonds is 6. The van der Waals surface area contributed by atoms with Crippen LogP contribution in [0, 0.1) is 12.3 Å². The van der Waals surface area contributed by atoms with Gasteiger partial charge in [0.05, 0.1) is 12.8 Å². The molecule has 0 unspecified atom stereocenters. The van der Waals surface area contributed by atoms with E-state index in [1.165, 1.54) is 0 Å². The number of methoxy groups -OCH3 is 1. The third-order valence-electron chi connectivity index (χ3n) is 2.91. The van der Waals surface area contributed by atoms with Crippen molar-refractivity contribution in [2.24, 2.45) is 0 Å². The van der Waals surface area contributed by atoms with Gasteiger partial charge in [-0.3, -0.25) is 0 Å². The molecule has 0 fully saturated rings. The minimum Gasteiger partial charge on any atom is -0.495 e. The summed E-state index contributed by atoms with van der Waals surface area (Å²) in [7, 11) is 1.65. The third kappa shape index (κ3) is 4.17. The smallest absolute Gasteiger partial charge is 0.148 e. The Labute approximate surface area is 133 Å². The molecule has 0 aliphatic carbocycles. The number of ether oxygens (including phenoxy) is 2. The van der Waals surface area contributed by atoms with Crippen molar-refractivity contribution in [3.8, 4) is 23.8 Å². The predicted octanol–water partition coefficient (Wildman–Crippen LogP) is 4.08. The van der Waals surface area contributed by atoms with Gasteiger partial charge >= 0.3 is 0 Å². The number of benzene rings is 2. The van der Waals surface area contributed by atoms with Gasteiger partial charge in [-0.05, 0) is 24.3 Å². The van der Waals surface area contributed by atoms with Crippen LogP contribution in [0.2, 0.25) is 0 Å². The molecule has 0 saturated heterocycles. The van der Waals surface area contributed by atoms with E-state index in [2.05, 4.69) is 27.2 Å². The normalized spacial score (nSPS) is 9.76. The lowest BCUT2D eigenvalue weighted by molar-refractivity contribution is 0.366. The maximum absolute atomic E-state index is 5.54. The molecule has 2 aromatic carbocycles. The highest BCUT2D eigenvalue weighted by molar-refractivity contribution is 9.10. The lowest BCUT2D eigenvalue weighted by Gasteiger charge is -2.14. The monoisotopic (exact) mass is 345 g/mol. The van der Waals surface area contributed by atoms with Crippen LogP contribution in [0.3, 0.4) is 0 Å². The van der Waals surface area contributed by atoms with Crippen LogP contribution in [-0.2, 0) is 6.54 Å². The van der Waals surface area contributed by atoms with E-state index in [9.17, 15) is 0 Å². The zero-order chi connectivity index (χ0) is 15.1. The Hall–Kier alpha value is -2.12. The van der Waals surface area contributed by atoms with E-state index in [0.717, 1.165) is 27.2 Å². The molecule has 0 atom stereocenters. The zero-order valence-corrected chi connectivity index (χ0v) is 13.3. The summed E-state index contributed by atoms with van der Waals surface area (Å²) in [6.07, 6.45) is 5.23. The van der Waals surface area contributed by atoms with Gasteiger partial charge in [-0.15, -0.1) is 6.42 Å². The number of para-hydroxylation sites is 1. The van der Waals surface area contributed by atoms with Crippen LogP contribution < -0.4 is 14.8 Å². The summed E-state index contributed by atoms with van der Waals surface area (Å²) in [4.78, 5) is 0. The first kappa shape index (κ1) is 15.3. The molecule has 1 N–H and O–H groups in total. The van der Waals surface area contributed by atoms with E-state index in [1.54, 1.807) is 7.11 Å². The van der Waals surface area contributed by atoms with E-state index in [4.69, 9.17) is 15.9 Å². The van der Waals surface area contributed by atoms with Gasteiger partial charge in [0.2, 0.25) is 0 Å². The van der Waals surface area contributed by atoms with Crippen LogP contribution in [0.4, 0.5) is 5.69 Å². The quantitative estimate of drug-likeness (QED) is 0.800. The van der Waals surface area contributed by atoms with Gasteiger partial charge in [-0.2, -0.15) is 0 Å². The summed E-state index contributed by atoms with van der Waals surface area (Å²) in [5.41, 5.74) is 1.95. The molecule has 2 rings (SSSR count). The number of nitrogens with one attached hydrogen (secondary N) is 1. The molecule has 0 aliphatic rings. The number of halogens is 1. The van der Waals surface area contributed by atoms with Crippen LogP contribution >= 0.6 is 15.9 Å². The van der Waals surface area contributed by atoms with Gasteiger partial charge < -0.3 is 14.8 Å². The molecule has 0 heterocycles. The van der Waals surface area contributed by atoms with Crippen molar-refractivity contribution in [1.82, 2.24) is 0 Å². The first-order valence-corrected chi connectivity index (χ1v) is 7.25. The lowest BCUT2D eigenvalue weighted by Crippen LogP contribution is -2.04. The molecule has 21 heavy (non-hydrogen) atoms. The highest BCUT2D eigenvalue weighted by Gasteiger charge is 2.06. The lowest BCUT2D eigenvalue weighted by atomic mass is 10.2. The minimum absolute atomic E-state index is 0.261. The highest BCUT2D eigenvalue weighted by Crippen LogP contribution is 2.29. The van der Waals surface area contributed by atoms with Crippen LogP contribution in [0.5, 0.6) is 11.5 Å². The van der Waals surface area contributed by atoms with Gasteiger partial charge in [0.15, 0.2) is 0 Å². The van der Waals surface area contributed by atoms with E-state index < -0.39 is 0 Å². The number of anilines is 1. The van der Waals surface area contributed by atoms with Gasteiger partial charge in [-0.25, -0.2) is 0 Å². The van der Waals surface area contributed by atoms with Gasteiger partial charge in [-0.1, -0.05) is 40.0 Å². The Bertz CT molecular complexity index is 649. The Morgan fingerprint density at radius 3 is 2.76 bits per heavy atom. The first-order valence-electron chi connectivity index (χ1n) is 6.46. The standard InChI is InChI=1S/C17H16BrNO2/c1-3-10-21-16-7-5-4-6-13(16)12-19-15-11-14(18)8-9-17(15)20-2/h1,4-9,11,19H,10,12H2,2H3. The van der Waals surface area contributed by atoms with E-state index in [-0.39, 0.29) is 6.61 Å². The van der Waals surface area contributed by atoms with Crippen molar-refractivity contribution >= 4 is 21.6 Å².